The number of hydrogen-bond donors (Lipinski definition) is 0. The first-order valence-electron chi connectivity index (χ1n) is 7.74. The first kappa shape index (κ1) is 17.5. The molecular formula is C20H21NO3. The minimum absolute atomic E-state index is 0.00553. The minimum atomic E-state index is -0.335. The summed E-state index contributed by atoms with van der Waals surface area (Å²) >= 11 is 0. The number of carbonyl (C=O) groups excluding carboxylic acids is 2. The molecule has 1 atom stereocenters. The molecule has 2 aromatic rings. The Morgan fingerprint density at radius 1 is 1.12 bits per heavy atom. The second-order valence-electron chi connectivity index (χ2n) is 5.48. The Morgan fingerprint density at radius 2 is 1.75 bits per heavy atom. The third-order valence-corrected chi connectivity index (χ3v) is 3.79. The van der Waals surface area contributed by atoms with Crippen molar-refractivity contribution in [3.63, 3.8) is 0 Å². The second kappa shape index (κ2) is 8.11. The smallest absolute Gasteiger partial charge is 0.250 e. The summed E-state index contributed by atoms with van der Waals surface area (Å²) in [5.41, 5.74) is 1.35. The molecule has 24 heavy (non-hydrogen) atoms. The molecule has 0 heterocycles. The quantitative estimate of drug-likeness (QED) is 0.576. The van der Waals surface area contributed by atoms with Crippen molar-refractivity contribution in [2.24, 2.45) is 5.92 Å². The van der Waals surface area contributed by atoms with Crippen molar-refractivity contribution in [1.82, 2.24) is 0 Å². The van der Waals surface area contributed by atoms with Crippen LogP contribution in [0.25, 0.3) is 0 Å². The van der Waals surface area contributed by atoms with E-state index in [2.05, 4.69) is 6.58 Å². The van der Waals surface area contributed by atoms with Gasteiger partial charge in [0.15, 0.2) is 5.78 Å². The molecule has 0 aliphatic heterocycles. The number of hydrogen-bond acceptors (Lipinski definition) is 3. The van der Waals surface area contributed by atoms with E-state index in [-0.39, 0.29) is 24.2 Å². The fourth-order valence-corrected chi connectivity index (χ4v) is 2.44. The van der Waals surface area contributed by atoms with Crippen LogP contribution in [0.4, 0.5) is 5.69 Å². The number of anilines is 1. The van der Waals surface area contributed by atoms with E-state index in [1.165, 1.54) is 6.08 Å². The lowest BCUT2D eigenvalue weighted by atomic mass is 9.98. The standard InChI is InChI=1S/C20H21NO3/c1-4-19(22)21(17-10-12-18(24-3)13-11-17)14-15(2)20(23)16-8-6-5-7-9-16/h4-13,15H,1,14H2,2-3H3. The van der Waals surface area contributed by atoms with E-state index in [4.69, 9.17) is 4.74 Å². The van der Waals surface area contributed by atoms with E-state index in [0.717, 1.165) is 0 Å². The van der Waals surface area contributed by atoms with Gasteiger partial charge in [-0.1, -0.05) is 43.8 Å². The summed E-state index contributed by atoms with van der Waals surface area (Å²) < 4.78 is 5.14. The normalized spacial score (nSPS) is 11.4. The van der Waals surface area contributed by atoms with Crippen molar-refractivity contribution >= 4 is 17.4 Å². The molecule has 0 spiro atoms. The largest absolute Gasteiger partial charge is 0.497 e. The van der Waals surface area contributed by atoms with E-state index in [9.17, 15) is 9.59 Å². The fourth-order valence-electron chi connectivity index (χ4n) is 2.44. The molecule has 4 heteroatoms. The lowest BCUT2D eigenvalue weighted by Crippen LogP contribution is -2.36. The predicted molar refractivity (Wildman–Crippen MR) is 95.5 cm³/mol. The average molecular weight is 323 g/mol. The van der Waals surface area contributed by atoms with Gasteiger partial charge in [-0.05, 0) is 30.3 Å². The lowest BCUT2D eigenvalue weighted by Gasteiger charge is -2.24. The van der Waals surface area contributed by atoms with E-state index in [1.807, 2.05) is 25.1 Å². The number of carbonyl (C=O) groups is 2. The summed E-state index contributed by atoms with van der Waals surface area (Å²) in [5.74, 6) is 0.135. The van der Waals surface area contributed by atoms with E-state index >= 15 is 0 Å². The Balaban J connectivity index is 2.20. The summed E-state index contributed by atoms with van der Waals surface area (Å²) in [7, 11) is 1.59. The molecule has 124 valence electrons. The lowest BCUT2D eigenvalue weighted by molar-refractivity contribution is -0.114. The highest BCUT2D eigenvalue weighted by Gasteiger charge is 2.22. The highest BCUT2D eigenvalue weighted by atomic mass is 16.5. The van der Waals surface area contributed by atoms with Crippen LogP contribution in [0.3, 0.4) is 0 Å². The first-order chi connectivity index (χ1) is 11.6. The van der Waals surface area contributed by atoms with Crippen LogP contribution in [0.15, 0.2) is 67.3 Å². The maximum atomic E-state index is 12.5. The number of nitrogens with zero attached hydrogens (tertiary/aromatic N) is 1. The maximum absolute atomic E-state index is 12.5. The number of ketones is 1. The third kappa shape index (κ3) is 4.10. The van der Waals surface area contributed by atoms with Gasteiger partial charge in [-0.15, -0.1) is 0 Å². The maximum Gasteiger partial charge on any atom is 0.250 e. The highest BCUT2D eigenvalue weighted by Crippen LogP contribution is 2.21. The number of amides is 1. The minimum Gasteiger partial charge on any atom is -0.497 e. The van der Waals surface area contributed by atoms with Gasteiger partial charge in [0.1, 0.15) is 5.75 Å². The van der Waals surface area contributed by atoms with Crippen molar-refractivity contribution in [3.8, 4) is 5.75 Å². The van der Waals surface area contributed by atoms with Crippen LogP contribution in [0.5, 0.6) is 5.75 Å². The topological polar surface area (TPSA) is 46.6 Å². The van der Waals surface area contributed by atoms with Gasteiger partial charge in [-0.25, -0.2) is 0 Å². The molecule has 0 aromatic heterocycles. The van der Waals surface area contributed by atoms with Gasteiger partial charge in [-0.3, -0.25) is 9.59 Å². The zero-order valence-electron chi connectivity index (χ0n) is 13.9. The molecule has 0 saturated carbocycles. The molecule has 0 fully saturated rings. The summed E-state index contributed by atoms with van der Waals surface area (Å²) in [4.78, 5) is 26.3. The third-order valence-electron chi connectivity index (χ3n) is 3.79. The number of rotatable bonds is 7. The summed E-state index contributed by atoms with van der Waals surface area (Å²) in [5, 5.41) is 0. The molecule has 4 nitrogen and oxygen atoms in total. The van der Waals surface area contributed by atoms with Gasteiger partial charge in [0.25, 0.3) is 0 Å². The van der Waals surface area contributed by atoms with Crippen LogP contribution in [0.1, 0.15) is 17.3 Å². The van der Waals surface area contributed by atoms with Crippen molar-refractivity contribution in [2.45, 2.75) is 6.92 Å². The van der Waals surface area contributed by atoms with Crippen molar-refractivity contribution in [2.75, 3.05) is 18.6 Å². The molecule has 0 saturated heterocycles. The number of Topliss-reactive ketones (excluding diaryl/α,β-unsaturated/α-hetero) is 1. The molecule has 0 aliphatic rings. The summed E-state index contributed by atoms with van der Waals surface area (Å²) in [6, 6.07) is 16.2. The monoisotopic (exact) mass is 323 g/mol. The van der Waals surface area contributed by atoms with Gasteiger partial charge in [-0.2, -0.15) is 0 Å². The first-order valence-corrected chi connectivity index (χ1v) is 7.74. The second-order valence-corrected chi connectivity index (χ2v) is 5.48. The van der Waals surface area contributed by atoms with Gasteiger partial charge < -0.3 is 9.64 Å². The molecule has 2 rings (SSSR count). The number of ether oxygens (including phenoxy) is 1. The molecule has 1 amide bonds. The van der Waals surface area contributed by atoms with Crippen molar-refractivity contribution in [1.29, 1.82) is 0 Å². The van der Waals surface area contributed by atoms with Crippen molar-refractivity contribution < 1.29 is 14.3 Å². The van der Waals surface area contributed by atoms with Crippen LogP contribution in [-0.4, -0.2) is 25.3 Å². The molecule has 0 N–H and O–H groups in total. The van der Waals surface area contributed by atoms with Crippen molar-refractivity contribution in [3.05, 3.63) is 72.8 Å². The van der Waals surface area contributed by atoms with Gasteiger partial charge >= 0.3 is 0 Å². The van der Waals surface area contributed by atoms with Crippen LogP contribution in [0.2, 0.25) is 0 Å². The van der Waals surface area contributed by atoms with E-state index < -0.39 is 0 Å². The SMILES string of the molecule is C=CC(=O)N(CC(C)C(=O)c1ccccc1)c1ccc(OC)cc1. The number of methoxy groups -OCH3 is 1. The van der Waals surface area contributed by atoms with Crippen LogP contribution in [-0.2, 0) is 4.79 Å². The Hall–Kier alpha value is -2.88. The van der Waals surface area contributed by atoms with Crippen LogP contribution >= 0.6 is 0 Å². The zero-order valence-corrected chi connectivity index (χ0v) is 13.9. The number of benzene rings is 2. The van der Waals surface area contributed by atoms with E-state index in [1.54, 1.807) is 48.4 Å². The Labute approximate surface area is 142 Å². The summed E-state index contributed by atoms with van der Waals surface area (Å²) in [6.07, 6.45) is 1.25. The van der Waals surface area contributed by atoms with Crippen LogP contribution in [0, 0.1) is 5.92 Å². The Bertz CT molecular complexity index is 707. The highest BCUT2D eigenvalue weighted by molar-refractivity contribution is 6.03. The van der Waals surface area contributed by atoms with E-state index in [0.29, 0.717) is 17.0 Å². The van der Waals surface area contributed by atoms with Gasteiger partial charge in [0, 0.05) is 23.7 Å². The Kier molecular flexibility index (Phi) is 5.90. The zero-order chi connectivity index (χ0) is 17.5. The average Bonchev–Trinajstić information content (AvgIpc) is 2.65. The Morgan fingerprint density at radius 3 is 2.29 bits per heavy atom. The predicted octanol–water partition coefficient (Wildman–Crippen LogP) is 3.73. The van der Waals surface area contributed by atoms with Gasteiger partial charge in [0.05, 0.1) is 7.11 Å². The molecule has 0 aliphatic carbocycles. The van der Waals surface area contributed by atoms with Gasteiger partial charge in [0.2, 0.25) is 5.91 Å². The molecular weight excluding hydrogens is 302 g/mol. The molecule has 0 bridgehead atoms. The van der Waals surface area contributed by atoms with Crippen LogP contribution < -0.4 is 9.64 Å². The molecule has 2 aromatic carbocycles. The molecule has 1 unspecified atom stereocenters. The summed E-state index contributed by atoms with van der Waals surface area (Å²) in [6.45, 7) is 5.65. The fraction of sp³-hybridized carbons (Fsp3) is 0.200. The molecule has 0 radical (unpaired) electrons.